The Morgan fingerprint density at radius 3 is 2.32 bits per heavy atom. The Hall–Kier alpha value is -2.69. The topological polar surface area (TPSA) is 185 Å². The third-order valence-corrected chi connectivity index (χ3v) is 4.57. The van der Waals surface area contributed by atoms with Crippen LogP contribution < -0.4 is 22.1 Å². The lowest BCUT2D eigenvalue weighted by Gasteiger charge is -2.30. The second-order valence-electron chi connectivity index (χ2n) is 7.09. The summed E-state index contributed by atoms with van der Waals surface area (Å²) in [5.41, 5.74) is 10.4. The molecule has 1 aliphatic rings. The smallest absolute Gasteiger partial charge is 0.326 e. The predicted molar refractivity (Wildman–Crippen MR) is 98.6 cm³/mol. The zero-order valence-corrected chi connectivity index (χ0v) is 16.1. The highest BCUT2D eigenvalue weighted by atomic mass is 16.4. The van der Waals surface area contributed by atoms with Crippen molar-refractivity contribution < 1.29 is 29.1 Å². The van der Waals surface area contributed by atoms with E-state index in [1.54, 1.807) is 13.8 Å². The fraction of sp³-hybridized carbons (Fsp3) is 0.706. The number of hydrogen-bond donors (Lipinski definition) is 5. The van der Waals surface area contributed by atoms with Crippen LogP contribution in [0.2, 0.25) is 0 Å². The molecule has 3 unspecified atom stereocenters. The quantitative estimate of drug-likeness (QED) is 0.279. The molecule has 28 heavy (non-hydrogen) atoms. The first-order chi connectivity index (χ1) is 13.1. The van der Waals surface area contributed by atoms with Crippen LogP contribution in [0.4, 0.5) is 0 Å². The van der Waals surface area contributed by atoms with Crippen LogP contribution in [0, 0.1) is 5.92 Å². The van der Waals surface area contributed by atoms with E-state index >= 15 is 0 Å². The van der Waals surface area contributed by atoms with Crippen LogP contribution >= 0.6 is 0 Å². The number of amides is 4. The summed E-state index contributed by atoms with van der Waals surface area (Å²) in [7, 11) is 0. The summed E-state index contributed by atoms with van der Waals surface area (Å²) in [6.45, 7) is 3.38. The second kappa shape index (κ2) is 10.6. The van der Waals surface area contributed by atoms with Crippen molar-refractivity contribution in [3.8, 4) is 0 Å². The van der Waals surface area contributed by atoms with Crippen LogP contribution in [0.5, 0.6) is 0 Å². The predicted octanol–water partition coefficient (Wildman–Crippen LogP) is -2.09. The average molecular weight is 399 g/mol. The van der Waals surface area contributed by atoms with Crippen LogP contribution in [0.3, 0.4) is 0 Å². The van der Waals surface area contributed by atoms with E-state index in [4.69, 9.17) is 11.5 Å². The number of carboxylic acids is 1. The number of carboxylic acid groups (broad SMARTS) is 1. The van der Waals surface area contributed by atoms with Crippen molar-refractivity contribution in [1.82, 2.24) is 15.5 Å². The van der Waals surface area contributed by atoms with Gasteiger partial charge in [-0.15, -0.1) is 0 Å². The minimum Gasteiger partial charge on any atom is -0.480 e. The van der Waals surface area contributed by atoms with Crippen molar-refractivity contribution in [2.45, 2.75) is 57.7 Å². The number of aliphatic carboxylic acids is 1. The zero-order chi connectivity index (χ0) is 21.4. The summed E-state index contributed by atoms with van der Waals surface area (Å²) < 4.78 is 0. The van der Waals surface area contributed by atoms with Gasteiger partial charge in [0.15, 0.2) is 0 Å². The third-order valence-electron chi connectivity index (χ3n) is 4.57. The standard InChI is InChI=1S/C17H29N5O6/c1-9(2)14(16(26)22-7-3-4-11(22)17(27)28)21-15(25)10(5-6-12(19)23)20-13(24)8-18/h9-11,14H,3-8,18H2,1-2H3,(H2,19,23)(H,20,24)(H,21,25)(H,27,28). The maximum Gasteiger partial charge on any atom is 0.326 e. The molecule has 7 N–H and O–H groups in total. The molecule has 1 aliphatic heterocycles. The van der Waals surface area contributed by atoms with Crippen LogP contribution in [0.15, 0.2) is 0 Å². The monoisotopic (exact) mass is 399 g/mol. The maximum atomic E-state index is 12.9. The minimum absolute atomic E-state index is 0.0482. The van der Waals surface area contributed by atoms with E-state index in [-0.39, 0.29) is 25.3 Å². The molecule has 3 atom stereocenters. The zero-order valence-electron chi connectivity index (χ0n) is 16.1. The number of nitrogens with two attached hydrogens (primary N) is 2. The number of nitrogens with zero attached hydrogens (tertiary/aromatic N) is 1. The first kappa shape index (κ1) is 23.3. The van der Waals surface area contributed by atoms with E-state index in [0.717, 1.165) is 0 Å². The van der Waals surface area contributed by atoms with Crippen molar-refractivity contribution in [1.29, 1.82) is 0 Å². The normalized spacial score (nSPS) is 18.4. The van der Waals surface area contributed by atoms with Gasteiger partial charge in [0.2, 0.25) is 23.6 Å². The number of hydrogen-bond acceptors (Lipinski definition) is 6. The molecule has 0 aromatic rings. The van der Waals surface area contributed by atoms with Gasteiger partial charge in [0.25, 0.3) is 0 Å². The van der Waals surface area contributed by atoms with Crippen LogP contribution in [0.1, 0.15) is 39.5 Å². The number of carbonyl (C=O) groups is 5. The molecule has 0 spiro atoms. The Morgan fingerprint density at radius 2 is 1.82 bits per heavy atom. The fourth-order valence-corrected chi connectivity index (χ4v) is 3.04. The summed E-state index contributed by atoms with van der Waals surface area (Å²) in [6.07, 6.45) is 0.729. The van der Waals surface area contributed by atoms with Gasteiger partial charge in [-0.05, 0) is 25.2 Å². The number of nitrogens with one attached hydrogen (secondary N) is 2. The lowest BCUT2D eigenvalue weighted by atomic mass is 10.0. The molecule has 11 nitrogen and oxygen atoms in total. The van der Waals surface area contributed by atoms with Gasteiger partial charge in [0.05, 0.1) is 6.54 Å². The number of primary amides is 1. The number of carbonyl (C=O) groups excluding carboxylic acids is 4. The van der Waals surface area contributed by atoms with E-state index in [1.807, 2.05) is 0 Å². The molecule has 1 saturated heterocycles. The average Bonchev–Trinajstić information content (AvgIpc) is 3.11. The fourth-order valence-electron chi connectivity index (χ4n) is 3.04. The number of likely N-dealkylation sites (tertiary alicyclic amines) is 1. The largest absolute Gasteiger partial charge is 0.480 e. The molecule has 0 aromatic carbocycles. The highest BCUT2D eigenvalue weighted by Crippen LogP contribution is 2.20. The lowest BCUT2D eigenvalue weighted by molar-refractivity contribution is -0.150. The molecule has 1 fully saturated rings. The van der Waals surface area contributed by atoms with Crippen molar-refractivity contribution in [2.24, 2.45) is 17.4 Å². The third kappa shape index (κ3) is 6.48. The van der Waals surface area contributed by atoms with E-state index in [9.17, 15) is 29.1 Å². The van der Waals surface area contributed by atoms with Crippen molar-refractivity contribution >= 4 is 29.6 Å². The summed E-state index contributed by atoms with van der Waals surface area (Å²) in [5, 5.41) is 14.3. The molecule has 0 aliphatic carbocycles. The van der Waals surface area contributed by atoms with Gasteiger partial charge in [-0.1, -0.05) is 13.8 Å². The molecule has 4 amide bonds. The first-order valence-electron chi connectivity index (χ1n) is 9.19. The summed E-state index contributed by atoms with van der Waals surface area (Å²) in [5.74, 6) is -3.81. The van der Waals surface area contributed by atoms with Crippen LogP contribution in [-0.4, -0.2) is 70.8 Å². The number of rotatable bonds is 10. The van der Waals surface area contributed by atoms with E-state index in [2.05, 4.69) is 10.6 Å². The van der Waals surface area contributed by atoms with Gasteiger partial charge in [-0.3, -0.25) is 19.2 Å². The van der Waals surface area contributed by atoms with Gasteiger partial charge in [0.1, 0.15) is 18.1 Å². The van der Waals surface area contributed by atoms with Crippen molar-refractivity contribution in [2.75, 3.05) is 13.1 Å². The van der Waals surface area contributed by atoms with E-state index in [1.165, 1.54) is 4.90 Å². The summed E-state index contributed by atoms with van der Waals surface area (Å²) in [6, 6.07) is -2.99. The minimum atomic E-state index is -1.09. The summed E-state index contributed by atoms with van der Waals surface area (Å²) >= 11 is 0. The molecular formula is C17H29N5O6. The molecule has 11 heteroatoms. The van der Waals surface area contributed by atoms with Crippen molar-refractivity contribution in [3.05, 3.63) is 0 Å². The summed E-state index contributed by atoms with van der Waals surface area (Å²) in [4.78, 5) is 60.7. The molecular weight excluding hydrogens is 370 g/mol. The molecule has 1 heterocycles. The molecule has 0 saturated carbocycles. The Kier molecular flexibility index (Phi) is 8.83. The highest BCUT2D eigenvalue weighted by molar-refractivity contribution is 5.94. The SMILES string of the molecule is CC(C)C(NC(=O)C(CCC(N)=O)NC(=O)CN)C(=O)N1CCCC1C(=O)O. The van der Waals surface area contributed by atoms with Crippen LogP contribution in [-0.2, 0) is 24.0 Å². The molecule has 0 radical (unpaired) electrons. The van der Waals surface area contributed by atoms with Gasteiger partial charge in [-0.2, -0.15) is 0 Å². The Bertz CT molecular complexity index is 623. The van der Waals surface area contributed by atoms with Crippen LogP contribution in [0.25, 0.3) is 0 Å². The second-order valence-corrected chi connectivity index (χ2v) is 7.09. The van der Waals surface area contributed by atoms with E-state index in [0.29, 0.717) is 19.4 Å². The Morgan fingerprint density at radius 1 is 1.18 bits per heavy atom. The molecule has 158 valence electrons. The molecule has 0 aromatic heterocycles. The van der Waals surface area contributed by atoms with E-state index < -0.39 is 47.7 Å². The molecule has 1 rings (SSSR count). The van der Waals surface area contributed by atoms with Gasteiger partial charge in [-0.25, -0.2) is 4.79 Å². The van der Waals surface area contributed by atoms with Gasteiger partial charge < -0.3 is 32.1 Å². The van der Waals surface area contributed by atoms with Crippen molar-refractivity contribution in [3.63, 3.8) is 0 Å². The van der Waals surface area contributed by atoms with Gasteiger partial charge in [0, 0.05) is 13.0 Å². The maximum absolute atomic E-state index is 12.9. The highest BCUT2D eigenvalue weighted by Gasteiger charge is 2.39. The first-order valence-corrected chi connectivity index (χ1v) is 9.19. The Balaban J connectivity index is 2.92. The Labute approximate surface area is 163 Å². The lowest BCUT2D eigenvalue weighted by Crippen LogP contribution is -2.57. The van der Waals surface area contributed by atoms with Gasteiger partial charge >= 0.3 is 5.97 Å². The molecule has 0 bridgehead atoms.